The standard InChI is InChI=1S/C37H24N2O7/c1-21-3-11-25(12-4-21)45-26-13-5-22(6-14-26)33(40)23-7-15-27(16-8-23)46-28-17-9-24(10-18-28)39-36(43)31-19-29-30(20-32(31)37(39)44)35(42)38(2)34(29)41/h3-20H,1-2H3. The minimum absolute atomic E-state index is 0.0710. The van der Waals surface area contributed by atoms with Crippen LogP contribution >= 0.6 is 0 Å². The highest BCUT2D eigenvalue weighted by Gasteiger charge is 2.19. The van der Waals surface area contributed by atoms with Gasteiger partial charge in [-0.25, -0.2) is 4.57 Å². The first-order valence-corrected chi connectivity index (χ1v) is 14.3. The van der Waals surface area contributed by atoms with E-state index in [0.29, 0.717) is 39.8 Å². The van der Waals surface area contributed by atoms with E-state index in [-0.39, 0.29) is 27.3 Å². The molecular weight excluding hydrogens is 584 g/mol. The van der Waals surface area contributed by atoms with Crippen LogP contribution in [0.1, 0.15) is 21.5 Å². The predicted molar refractivity (Wildman–Crippen MR) is 175 cm³/mol. The average molecular weight is 609 g/mol. The Labute approximate surface area is 260 Å². The lowest BCUT2D eigenvalue weighted by molar-refractivity contribution is 0.103. The smallest absolute Gasteiger partial charge is 0.266 e. The molecule has 2 heterocycles. The summed E-state index contributed by atoms with van der Waals surface area (Å²) in [6, 6.07) is 30.4. The Bertz CT molecular complexity index is 2420. The van der Waals surface area contributed by atoms with E-state index in [1.807, 2.05) is 31.2 Å². The zero-order valence-electron chi connectivity index (χ0n) is 24.6. The Kier molecular flexibility index (Phi) is 6.78. The summed E-state index contributed by atoms with van der Waals surface area (Å²) >= 11 is 0. The van der Waals surface area contributed by atoms with Crippen molar-refractivity contribution in [2.45, 2.75) is 6.92 Å². The SMILES string of the molecule is Cc1ccc(Oc2ccc(C(=O)c3ccc(Oc4ccc(-n5c(=O)c6cc7c(=O)n(C)c(=O)c7cc6c5=O)cc4)cc3)cc2)cc1. The van der Waals surface area contributed by atoms with Crippen LogP contribution in [0.5, 0.6) is 23.0 Å². The third-order valence-electron chi connectivity index (χ3n) is 7.92. The molecule has 46 heavy (non-hydrogen) atoms. The number of ketones is 1. The third kappa shape index (κ3) is 4.89. The van der Waals surface area contributed by atoms with Gasteiger partial charge in [-0.05, 0) is 104 Å². The van der Waals surface area contributed by atoms with Crippen LogP contribution in [0.2, 0.25) is 0 Å². The van der Waals surface area contributed by atoms with Crippen molar-refractivity contribution in [3.05, 3.63) is 167 Å². The van der Waals surface area contributed by atoms with Gasteiger partial charge < -0.3 is 9.47 Å². The molecule has 2 aromatic heterocycles. The lowest BCUT2D eigenvalue weighted by Gasteiger charge is -2.09. The molecule has 0 spiro atoms. The van der Waals surface area contributed by atoms with E-state index < -0.39 is 22.2 Å². The zero-order chi connectivity index (χ0) is 32.1. The number of aryl methyl sites for hydroxylation is 1. The molecule has 0 saturated carbocycles. The minimum Gasteiger partial charge on any atom is -0.457 e. The second-order valence-corrected chi connectivity index (χ2v) is 10.9. The maximum Gasteiger partial charge on any atom is 0.266 e. The van der Waals surface area contributed by atoms with Gasteiger partial charge >= 0.3 is 0 Å². The van der Waals surface area contributed by atoms with Crippen LogP contribution in [-0.4, -0.2) is 14.9 Å². The van der Waals surface area contributed by atoms with Gasteiger partial charge in [0.25, 0.3) is 22.2 Å². The van der Waals surface area contributed by atoms with E-state index >= 15 is 0 Å². The van der Waals surface area contributed by atoms with Gasteiger partial charge in [-0.15, -0.1) is 0 Å². The van der Waals surface area contributed by atoms with Crippen molar-refractivity contribution in [2.24, 2.45) is 7.05 Å². The number of carbonyl (C=O) groups is 1. The number of carbonyl (C=O) groups excluding carboxylic acids is 1. The summed E-state index contributed by atoms with van der Waals surface area (Å²) in [6.07, 6.45) is 0. The monoisotopic (exact) mass is 608 g/mol. The highest BCUT2D eigenvalue weighted by atomic mass is 16.5. The molecule has 0 saturated heterocycles. The van der Waals surface area contributed by atoms with Crippen LogP contribution < -0.4 is 31.7 Å². The molecule has 0 amide bonds. The number of fused-ring (bicyclic) bond motifs is 2. The Balaban J connectivity index is 1.06. The van der Waals surface area contributed by atoms with E-state index in [0.717, 1.165) is 14.7 Å². The van der Waals surface area contributed by atoms with Crippen LogP contribution in [0, 0.1) is 6.92 Å². The highest BCUT2D eigenvalue weighted by Crippen LogP contribution is 2.26. The number of hydrogen-bond acceptors (Lipinski definition) is 7. The van der Waals surface area contributed by atoms with Crippen LogP contribution in [0.4, 0.5) is 0 Å². The molecule has 0 atom stereocenters. The van der Waals surface area contributed by atoms with Gasteiger partial charge in [0.1, 0.15) is 23.0 Å². The third-order valence-corrected chi connectivity index (χ3v) is 7.92. The molecule has 0 bridgehead atoms. The molecule has 0 aliphatic heterocycles. The second kappa shape index (κ2) is 11.0. The lowest BCUT2D eigenvalue weighted by Crippen LogP contribution is -2.23. The molecular formula is C37H24N2O7. The molecule has 5 aromatic carbocycles. The first kappa shape index (κ1) is 28.4. The molecule has 0 N–H and O–H groups in total. The van der Waals surface area contributed by atoms with Gasteiger partial charge in [0, 0.05) is 18.2 Å². The molecule has 224 valence electrons. The number of rotatable bonds is 7. The molecule has 9 nitrogen and oxygen atoms in total. The van der Waals surface area contributed by atoms with E-state index in [1.165, 1.54) is 19.2 Å². The van der Waals surface area contributed by atoms with Crippen LogP contribution in [0.3, 0.4) is 0 Å². The van der Waals surface area contributed by atoms with E-state index in [2.05, 4.69) is 0 Å². The van der Waals surface area contributed by atoms with E-state index in [9.17, 15) is 24.0 Å². The van der Waals surface area contributed by atoms with Crippen LogP contribution in [-0.2, 0) is 7.05 Å². The normalized spacial score (nSPS) is 11.3. The van der Waals surface area contributed by atoms with Crippen molar-refractivity contribution in [3.63, 3.8) is 0 Å². The fraction of sp³-hybridized carbons (Fsp3) is 0.0541. The molecule has 0 fully saturated rings. The van der Waals surface area contributed by atoms with Crippen molar-refractivity contribution in [2.75, 3.05) is 0 Å². The van der Waals surface area contributed by atoms with Gasteiger partial charge in [0.05, 0.1) is 27.2 Å². The van der Waals surface area contributed by atoms with Crippen molar-refractivity contribution in [3.8, 4) is 28.7 Å². The topological polar surface area (TPSA) is 114 Å². The zero-order valence-corrected chi connectivity index (χ0v) is 24.6. The summed E-state index contributed by atoms with van der Waals surface area (Å²) in [5.74, 6) is 2.13. The quantitative estimate of drug-likeness (QED) is 0.218. The average Bonchev–Trinajstić information content (AvgIpc) is 3.44. The number of nitrogens with zero attached hydrogens (tertiary/aromatic N) is 2. The summed E-state index contributed by atoms with van der Waals surface area (Å²) < 4.78 is 13.7. The molecule has 0 aliphatic rings. The summed E-state index contributed by atoms with van der Waals surface area (Å²) in [5, 5.41) is 0.350. The van der Waals surface area contributed by atoms with Crippen LogP contribution in [0.25, 0.3) is 27.2 Å². The summed E-state index contributed by atoms with van der Waals surface area (Å²) in [7, 11) is 1.35. The van der Waals surface area contributed by atoms with Gasteiger partial charge in [0.2, 0.25) is 0 Å². The summed E-state index contributed by atoms with van der Waals surface area (Å²) in [5.41, 5.74) is 0.257. The lowest BCUT2D eigenvalue weighted by atomic mass is 10.0. The van der Waals surface area contributed by atoms with Crippen molar-refractivity contribution < 1.29 is 14.3 Å². The fourth-order valence-electron chi connectivity index (χ4n) is 5.39. The highest BCUT2D eigenvalue weighted by molar-refractivity contribution is 6.09. The number of benzene rings is 5. The van der Waals surface area contributed by atoms with Gasteiger partial charge in [0.15, 0.2) is 5.78 Å². The number of ether oxygens (including phenoxy) is 2. The number of aromatic nitrogens is 2. The second-order valence-electron chi connectivity index (χ2n) is 10.9. The van der Waals surface area contributed by atoms with Crippen molar-refractivity contribution >= 4 is 27.3 Å². The Morgan fingerprint density at radius 1 is 0.500 bits per heavy atom. The van der Waals surface area contributed by atoms with E-state index in [4.69, 9.17) is 9.47 Å². The molecule has 9 heteroatoms. The minimum atomic E-state index is -0.583. The largest absolute Gasteiger partial charge is 0.457 e. The molecule has 0 aliphatic carbocycles. The Morgan fingerprint density at radius 3 is 1.26 bits per heavy atom. The molecule has 0 unspecified atom stereocenters. The molecule has 0 radical (unpaired) electrons. The first-order chi connectivity index (χ1) is 22.2. The molecule has 7 aromatic rings. The summed E-state index contributed by atoms with van der Waals surface area (Å²) in [6.45, 7) is 2.01. The van der Waals surface area contributed by atoms with E-state index in [1.54, 1.807) is 72.8 Å². The van der Waals surface area contributed by atoms with Gasteiger partial charge in [-0.1, -0.05) is 17.7 Å². The van der Waals surface area contributed by atoms with Crippen molar-refractivity contribution in [1.29, 1.82) is 0 Å². The maximum atomic E-state index is 13.2. The number of hydrogen-bond donors (Lipinski definition) is 0. The maximum absolute atomic E-state index is 13.2. The van der Waals surface area contributed by atoms with Crippen LogP contribution in [0.15, 0.2) is 128 Å². The Hall–Kier alpha value is -6.35. The fourth-order valence-corrected chi connectivity index (χ4v) is 5.39. The first-order valence-electron chi connectivity index (χ1n) is 14.3. The molecule has 7 rings (SSSR count). The van der Waals surface area contributed by atoms with Gasteiger partial charge in [-0.2, -0.15) is 0 Å². The van der Waals surface area contributed by atoms with Gasteiger partial charge in [-0.3, -0.25) is 28.5 Å². The Morgan fingerprint density at radius 2 is 0.848 bits per heavy atom. The van der Waals surface area contributed by atoms with Crippen molar-refractivity contribution in [1.82, 2.24) is 9.13 Å². The summed E-state index contributed by atoms with van der Waals surface area (Å²) in [4.78, 5) is 64.2. The predicted octanol–water partition coefficient (Wildman–Crippen LogP) is 5.56.